The first-order chi connectivity index (χ1) is 36.7. The van der Waals surface area contributed by atoms with Crippen LogP contribution in [0.15, 0.2) is 291 Å². The molecular formula is C71H51N3. The standard InChI is InChI=1S/C71H51N3/c1-4-17-50(18-5-1)56-23-14-25-58(45-56)53-33-39-62(40-34-53)73(63-41-35-54(36-42-63)59-26-15-24-57(46-59)51-19-6-2-7-20-51)64-43-37-55(38-44-64)68-48-61(52-21-8-3-9-22-52)49-69(72-68)60-27-16-28-65(47-60)74-70-31-12-10-29-66(70)67-30-11-13-32-71(67)74/h1-45,47-49,59H,46H2. The third-order valence-electron chi connectivity index (χ3n) is 14.6. The van der Waals surface area contributed by atoms with Crippen molar-refractivity contribution in [3.63, 3.8) is 0 Å². The molecule has 0 saturated heterocycles. The van der Waals surface area contributed by atoms with Gasteiger partial charge in [0.1, 0.15) is 0 Å². The molecule has 2 heterocycles. The number of nitrogens with zero attached hydrogens (tertiary/aromatic N) is 3. The number of fused-ring (bicyclic) bond motifs is 3. The monoisotopic (exact) mass is 945 g/mol. The highest BCUT2D eigenvalue weighted by Gasteiger charge is 2.19. The lowest BCUT2D eigenvalue weighted by Crippen LogP contribution is -2.10. The van der Waals surface area contributed by atoms with Gasteiger partial charge in [-0.2, -0.15) is 0 Å². The van der Waals surface area contributed by atoms with Crippen LogP contribution in [0.4, 0.5) is 17.1 Å². The van der Waals surface area contributed by atoms with Crippen molar-refractivity contribution in [2.45, 2.75) is 12.3 Å². The van der Waals surface area contributed by atoms with Crippen LogP contribution in [0.25, 0.3) is 89.0 Å². The first-order valence-corrected chi connectivity index (χ1v) is 25.5. The summed E-state index contributed by atoms with van der Waals surface area (Å²) in [5.41, 5.74) is 21.6. The number of pyridine rings is 1. The highest BCUT2D eigenvalue weighted by atomic mass is 15.1. The van der Waals surface area contributed by atoms with Crippen molar-refractivity contribution >= 4 is 44.4 Å². The highest BCUT2D eigenvalue weighted by Crippen LogP contribution is 2.41. The minimum atomic E-state index is 0.295. The number of allylic oxidation sites excluding steroid dienone is 4. The summed E-state index contributed by atoms with van der Waals surface area (Å²) in [5.74, 6) is 0.295. The maximum atomic E-state index is 5.45. The van der Waals surface area contributed by atoms with Crippen LogP contribution in [-0.2, 0) is 0 Å². The first kappa shape index (κ1) is 44.4. The van der Waals surface area contributed by atoms with E-state index in [4.69, 9.17) is 4.98 Å². The van der Waals surface area contributed by atoms with E-state index < -0.39 is 0 Å². The molecule has 0 saturated carbocycles. The normalized spacial score (nSPS) is 13.2. The van der Waals surface area contributed by atoms with Gasteiger partial charge in [0.2, 0.25) is 0 Å². The van der Waals surface area contributed by atoms with E-state index in [0.29, 0.717) is 5.92 Å². The minimum Gasteiger partial charge on any atom is -0.311 e. The Kier molecular flexibility index (Phi) is 11.7. The zero-order chi connectivity index (χ0) is 49.2. The number of aromatic nitrogens is 2. The van der Waals surface area contributed by atoms with Gasteiger partial charge in [-0.1, -0.05) is 212 Å². The Morgan fingerprint density at radius 2 is 0.811 bits per heavy atom. The van der Waals surface area contributed by atoms with E-state index in [-0.39, 0.29) is 0 Å². The lowest BCUT2D eigenvalue weighted by atomic mass is 9.85. The van der Waals surface area contributed by atoms with E-state index in [0.717, 1.165) is 62.8 Å². The van der Waals surface area contributed by atoms with Crippen LogP contribution in [0, 0.1) is 0 Å². The SMILES string of the molecule is C1=CC(c2ccc(N(c3ccc(-c4cccc(-c5ccccc5)c4)cc3)c3ccc(-c4cc(-c5ccccc5)cc(-c5cccc(-n6c7ccccc7c7ccccc76)c5)n4)cc3)cc2)CC(c2ccccc2)=C1. The fraction of sp³-hybridized carbons (Fsp3) is 0.0282. The maximum absolute atomic E-state index is 5.45. The fourth-order valence-corrected chi connectivity index (χ4v) is 10.8. The summed E-state index contributed by atoms with van der Waals surface area (Å²) < 4.78 is 2.37. The Hall–Kier alpha value is -9.57. The number of para-hydroxylation sites is 2. The average molecular weight is 946 g/mol. The molecule has 0 radical (unpaired) electrons. The Labute approximate surface area is 433 Å². The Morgan fingerprint density at radius 3 is 1.42 bits per heavy atom. The molecule has 3 nitrogen and oxygen atoms in total. The van der Waals surface area contributed by atoms with E-state index in [1.54, 1.807) is 0 Å². The summed E-state index contributed by atoms with van der Waals surface area (Å²) in [5, 5.41) is 2.49. The zero-order valence-corrected chi connectivity index (χ0v) is 40.8. The van der Waals surface area contributed by atoms with Crippen LogP contribution in [0.5, 0.6) is 0 Å². The predicted molar refractivity (Wildman–Crippen MR) is 311 cm³/mol. The summed E-state index contributed by atoms with van der Waals surface area (Å²) in [6.07, 6.45) is 7.77. The molecule has 0 spiro atoms. The second-order valence-corrected chi connectivity index (χ2v) is 19.1. The van der Waals surface area contributed by atoms with Crippen molar-refractivity contribution in [2.75, 3.05) is 4.90 Å². The fourth-order valence-electron chi connectivity index (χ4n) is 10.8. The molecule has 1 aliphatic rings. The van der Waals surface area contributed by atoms with Gasteiger partial charge in [-0.25, -0.2) is 4.98 Å². The quantitative estimate of drug-likeness (QED) is 0.129. The Balaban J connectivity index is 0.866. The largest absolute Gasteiger partial charge is 0.311 e. The molecule has 1 aliphatic carbocycles. The van der Waals surface area contributed by atoms with Gasteiger partial charge >= 0.3 is 0 Å². The molecule has 13 rings (SSSR count). The maximum Gasteiger partial charge on any atom is 0.0716 e. The summed E-state index contributed by atoms with van der Waals surface area (Å²) in [4.78, 5) is 7.81. The number of benzene rings is 10. The van der Waals surface area contributed by atoms with Gasteiger partial charge in [0.25, 0.3) is 0 Å². The average Bonchev–Trinajstić information content (AvgIpc) is 3.83. The van der Waals surface area contributed by atoms with Crippen LogP contribution in [0.1, 0.15) is 23.5 Å². The van der Waals surface area contributed by atoms with E-state index in [1.165, 1.54) is 60.8 Å². The van der Waals surface area contributed by atoms with Gasteiger partial charge in [0.05, 0.1) is 22.4 Å². The molecular weight excluding hydrogens is 895 g/mol. The Bertz CT molecular complexity index is 3950. The van der Waals surface area contributed by atoms with Gasteiger partial charge in [-0.3, -0.25) is 0 Å². The van der Waals surface area contributed by atoms with E-state index in [9.17, 15) is 0 Å². The molecule has 1 unspecified atom stereocenters. The van der Waals surface area contributed by atoms with Gasteiger partial charge < -0.3 is 9.47 Å². The van der Waals surface area contributed by atoms with Gasteiger partial charge in [-0.15, -0.1) is 0 Å². The van der Waals surface area contributed by atoms with Crippen molar-refractivity contribution < 1.29 is 0 Å². The van der Waals surface area contributed by atoms with Crippen LogP contribution in [-0.4, -0.2) is 9.55 Å². The Morgan fingerprint density at radius 1 is 0.351 bits per heavy atom. The molecule has 0 aliphatic heterocycles. The predicted octanol–water partition coefficient (Wildman–Crippen LogP) is 19.1. The zero-order valence-electron chi connectivity index (χ0n) is 40.8. The third-order valence-corrected chi connectivity index (χ3v) is 14.6. The second kappa shape index (κ2) is 19.6. The van der Waals surface area contributed by atoms with Crippen molar-refractivity contribution in [1.82, 2.24) is 9.55 Å². The molecule has 3 heteroatoms. The van der Waals surface area contributed by atoms with Crippen LogP contribution >= 0.6 is 0 Å². The topological polar surface area (TPSA) is 21.1 Å². The van der Waals surface area contributed by atoms with Crippen molar-refractivity contribution in [1.29, 1.82) is 0 Å². The van der Waals surface area contributed by atoms with Crippen LogP contribution in [0.3, 0.4) is 0 Å². The molecule has 0 fully saturated rings. The van der Waals surface area contributed by atoms with Crippen molar-refractivity contribution in [3.05, 3.63) is 302 Å². The third kappa shape index (κ3) is 8.71. The number of hydrogen-bond acceptors (Lipinski definition) is 2. The molecule has 0 amide bonds. The smallest absolute Gasteiger partial charge is 0.0716 e. The molecule has 2 aromatic heterocycles. The van der Waals surface area contributed by atoms with E-state index in [2.05, 4.69) is 301 Å². The minimum absolute atomic E-state index is 0.295. The molecule has 12 aromatic rings. The molecule has 1 atom stereocenters. The number of rotatable bonds is 11. The molecule has 74 heavy (non-hydrogen) atoms. The second-order valence-electron chi connectivity index (χ2n) is 19.1. The van der Waals surface area contributed by atoms with E-state index in [1.807, 2.05) is 0 Å². The van der Waals surface area contributed by atoms with Crippen molar-refractivity contribution in [3.8, 4) is 61.6 Å². The summed E-state index contributed by atoms with van der Waals surface area (Å²) in [7, 11) is 0. The van der Waals surface area contributed by atoms with Crippen LogP contribution in [0.2, 0.25) is 0 Å². The lowest BCUT2D eigenvalue weighted by molar-refractivity contribution is 0.867. The summed E-state index contributed by atoms with van der Waals surface area (Å²) in [6, 6.07) is 98.5. The van der Waals surface area contributed by atoms with Crippen molar-refractivity contribution in [2.24, 2.45) is 0 Å². The van der Waals surface area contributed by atoms with Crippen LogP contribution < -0.4 is 4.90 Å². The summed E-state index contributed by atoms with van der Waals surface area (Å²) >= 11 is 0. The highest BCUT2D eigenvalue weighted by molar-refractivity contribution is 6.09. The molecule has 0 N–H and O–H groups in total. The number of anilines is 3. The molecule has 350 valence electrons. The lowest BCUT2D eigenvalue weighted by Gasteiger charge is -2.27. The molecule has 0 bridgehead atoms. The van der Waals surface area contributed by atoms with Gasteiger partial charge in [0.15, 0.2) is 0 Å². The van der Waals surface area contributed by atoms with E-state index >= 15 is 0 Å². The number of hydrogen-bond donors (Lipinski definition) is 0. The van der Waals surface area contributed by atoms with Gasteiger partial charge in [0, 0.05) is 50.6 Å². The summed E-state index contributed by atoms with van der Waals surface area (Å²) in [6.45, 7) is 0. The molecule has 10 aromatic carbocycles. The van der Waals surface area contributed by atoms with Gasteiger partial charge in [-0.05, 0) is 135 Å². The first-order valence-electron chi connectivity index (χ1n) is 25.5.